The van der Waals surface area contributed by atoms with Crippen molar-refractivity contribution in [1.82, 2.24) is 0 Å². The predicted molar refractivity (Wildman–Crippen MR) is 64.1 cm³/mol. The lowest BCUT2D eigenvalue weighted by atomic mass is 10.2. The van der Waals surface area contributed by atoms with Gasteiger partial charge in [0.25, 0.3) is 0 Å². The third kappa shape index (κ3) is 2.86. The number of halogens is 2. The highest BCUT2D eigenvalue weighted by molar-refractivity contribution is 9.10. The summed E-state index contributed by atoms with van der Waals surface area (Å²) in [5, 5.41) is 0.349. The molecule has 0 radical (unpaired) electrons. The number of nitrogens with two attached hydrogens (primary N) is 1. The van der Waals surface area contributed by atoms with Crippen LogP contribution in [0.3, 0.4) is 0 Å². The van der Waals surface area contributed by atoms with Crippen LogP contribution >= 0.6 is 27.5 Å². The van der Waals surface area contributed by atoms with E-state index in [1.165, 1.54) is 0 Å². The van der Waals surface area contributed by atoms with Crippen molar-refractivity contribution in [3.63, 3.8) is 0 Å². The summed E-state index contributed by atoms with van der Waals surface area (Å²) in [4.78, 5) is 11.6. The Bertz CT molecular complexity index is 382. The highest BCUT2D eigenvalue weighted by atomic mass is 79.9. The molecule has 3 nitrogen and oxygen atoms in total. The van der Waals surface area contributed by atoms with Crippen molar-refractivity contribution in [3.05, 3.63) is 27.2 Å². The molecular weight excluding hydrogens is 281 g/mol. The molecule has 82 valence electrons. The first-order chi connectivity index (χ1) is 7.07. The normalized spacial score (nSPS) is 10.1. The minimum absolute atomic E-state index is 0.243. The van der Waals surface area contributed by atoms with Gasteiger partial charge in [0.2, 0.25) is 0 Å². The quantitative estimate of drug-likeness (QED) is 0.687. The van der Waals surface area contributed by atoms with E-state index >= 15 is 0 Å². The van der Waals surface area contributed by atoms with Gasteiger partial charge in [0.15, 0.2) is 0 Å². The summed E-state index contributed by atoms with van der Waals surface area (Å²) in [5.41, 5.74) is 6.22. The van der Waals surface area contributed by atoms with Crippen molar-refractivity contribution in [2.24, 2.45) is 0 Å². The van der Waals surface area contributed by atoms with Crippen LogP contribution in [0.4, 0.5) is 5.69 Å². The molecule has 0 bridgehead atoms. The summed E-state index contributed by atoms with van der Waals surface area (Å²) >= 11 is 9.04. The number of rotatable bonds is 3. The summed E-state index contributed by atoms with van der Waals surface area (Å²) in [6, 6.07) is 3.29. The number of nitrogen functional groups attached to an aromatic ring is 1. The maximum atomic E-state index is 11.6. The Hall–Kier alpha value is -0.740. The second-order valence-electron chi connectivity index (χ2n) is 2.95. The molecule has 1 aromatic carbocycles. The number of hydrogen-bond donors (Lipinski definition) is 1. The number of anilines is 1. The molecule has 2 N–H and O–H groups in total. The Kier molecular flexibility index (Phi) is 4.42. The molecule has 0 aliphatic rings. The first-order valence-corrected chi connectivity index (χ1v) is 5.65. The number of ether oxygens (including phenoxy) is 1. The van der Waals surface area contributed by atoms with Crippen molar-refractivity contribution >= 4 is 39.2 Å². The van der Waals surface area contributed by atoms with Crippen LogP contribution in [-0.4, -0.2) is 12.6 Å². The van der Waals surface area contributed by atoms with Gasteiger partial charge < -0.3 is 10.5 Å². The van der Waals surface area contributed by atoms with Crippen LogP contribution in [0.1, 0.15) is 23.7 Å². The van der Waals surface area contributed by atoms with Crippen LogP contribution in [0.5, 0.6) is 0 Å². The van der Waals surface area contributed by atoms with E-state index in [9.17, 15) is 4.79 Å². The largest absolute Gasteiger partial charge is 0.462 e. The Labute approximate surface area is 102 Å². The number of hydrogen-bond acceptors (Lipinski definition) is 3. The lowest BCUT2D eigenvalue weighted by Crippen LogP contribution is -2.10. The fourth-order valence-electron chi connectivity index (χ4n) is 1.04. The van der Waals surface area contributed by atoms with Gasteiger partial charge in [0, 0.05) is 4.47 Å². The third-order valence-corrected chi connectivity index (χ3v) is 2.77. The average molecular weight is 293 g/mol. The number of carbonyl (C=O) groups excluding carboxylic acids is 1. The van der Waals surface area contributed by atoms with Crippen LogP contribution in [0.25, 0.3) is 0 Å². The lowest BCUT2D eigenvalue weighted by molar-refractivity contribution is 0.0505. The second kappa shape index (κ2) is 5.37. The molecule has 0 saturated carbocycles. The zero-order valence-electron chi connectivity index (χ0n) is 8.22. The van der Waals surface area contributed by atoms with Crippen LogP contribution in [0.15, 0.2) is 16.6 Å². The van der Waals surface area contributed by atoms with E-state index in [1.807, 2.05) is 6.92 Å². The number of carbonyl (C=O) groups is 1. The fraction of sp³-hybridized carbons (Fsp3) is 0.300. The molecule has 1 aromatic rings. The summed E-state index contributed by atoms with van der Waals surface area (Å²) < 4.78 is 5.57. The Balaban J connectivity index is 3.02. The van der Waals surface area contributed by atoms with E-state index in [4.69, 9.17) is 22.1 Å². The molecule has 15 heavy (non-hydrogen) atoms. The Morgan fingerprint density at radius 2 is 2.27 bits per heavy atom. The SMILES string of the molecule is CCCOC(=O)c1c(Br)ccc(Cl)c1N. The molecule has 0 fully saturated rings. The van der Waals surface area contributed by atoms with Crippen LogP contribution in [0.2, 0.25) is 5.02 Å². The first kappa shape index (κ1) is 12.3. The van der Waals surface area contributed by atoms with Crippen LogP contribution < -0.4 is 5.73 Å². The van der Waals surface area contributed by atoms with Gasteiger partial charge in [-0.05, 0) is 34.5 Å². The van der Waals surface area contributed by atoms with E-state index in [2.05, 4.69) is 15.9 Å². The lowest BCUT2D eigenvalue weighted by Gasteiger charge is -2.09. The monoisotopic (exact) mass is 291 g/mol. The average Bonchev–Trinajstić information content (AvgIpc) is 2.21. The zero-order valence-corrected chi connectivity index (χ0v) is 10.6. The highest BCUT2D eigenvalue weighted by Gasteiger charge is 2.17. The number of benzene rings is 1. The van der Waals surface area contributed by atoms with E-state index in [-0.39, 0.29) is 11.3 Å². The van der Waals surface area contributed by atoms with Gasteiger partial charge in [-0.2, -0.15) is 0 Å². The zero-order chi connectivity index (χ0) is 11.4. The van der Waals surface area contributed by atoms with E-state index in [0.717, 1.165) is 6.42 Å². The van der Waals surface area contributed by atoms with Gasteiger partial charge in [-0.3, -0.25) is 0 Å². The minimum Gasteiger partial charge on any atom is -0.462 e. The Morgan fingerprint density at radius 1 is 1.60 bits per heavy atom. The molecule has 0 aromatic heterocycles. The predicted octanol–water partition coefficient (Wildman–Crippen LogP) is 3.25. The van der Waals surface area contributed by atoms with Crippen molar-refractivity contribution < 1.29 is 9.53 Å². The summed E-state index contributed by atoms with van der Waals surface area (Å²) in [5.74, 6) is -0.455. The highest BCUT2D eigenvalue weighted by Crippen LogP contribution is 2.30. The smallest absolute Gasteiger partial charge is 0.341 e. The van der Waals surface area contributed by atoms with E-state index in [0.29, 0.717) is 16.1 Å². The molecule has 0 aliphatic heterocycles. The Morgan fingerprint density at radius 3 is 2.87 bits per heavy atom. The fourth-order valence-corrected chi connectivity index (χ4v) is 1.71. The molecule has 1 rings (SSSR count). The van der Waals surface area contributed by atoms with E-state index in [1.54, 1.807) is 12.1 Å². The molecule has 5 heteroatoms. The molecule has 0 spiro atoms. The molecule has 0 atom stereocenters. The molecule has 0 amide bonds. The summed E-state index contributed by atoms with van der Waals surface area (Å²) in [6.07, 6.45) is 0.768. The van der Waals surface area contributed by atoms with Gasteiger partial charge in [0.05, 0.1) is 22.9 Å². The number of esters is 1. The van der Waals surface area contributed by atoms with Gasteiger partial charge in [-0.25, -0.2) is 4.79 Å². The maximum Gasteiger partial charge on any atom is 0.341 e. The maximum absolute atomic E-state index is 11.6. The molecular formula is C10H11BrClNO2. The summed E-state index contributed by atoms with van der Waals surface area (Å²) in [6.45, 7) is 2.29. The molecule has 0 unspecified atom stereocenters. The van der Waals surface area contributed by atoms with Crippen molar-refractivity contribution in [2.75, 3.05) is 12.3 Å². The van der Waals surface area contributed by atoms with Crippen molar-refractivity contribution in [2.45, 2.75) is 13.3 Å². The van der Waals surface area contributed by atoms with Crippen LogP contribution in [-0.2, 0) is 4.74 Å². The summed E-state index contributed by atoms with van der Waals surface area (Å²) in [7, 11) is 0. The van der Waals surface area contributed by atoms with Gasteiger partial charge in [-0.15, -0.1) is 0 Å². The molecule has 0 saturated heterocycles. The van der Waals surface area contributed by atoms with Crippen LogP contribution in [0, 0.1) is 0 Å². The van der Waals surface area contributed by atoms with Crippen molar-refractivity contribution in [3.8, 4) is 0 Å². The standard InChI is InChI=1S/C10H11BrClNO2/c1-2-5-15-10(14)8-6(11)3-4-7(12)9(8)13/h3-4H,2,5,13H2,1H3. The third-order valence-electron chi connectivity index (χ3n) is 1.78. The van der Waals surface area contributed by atoms with Gasteiger partial charge in [0.1, 0.15) is 0 Å². The first-order valence-electron chi connectivity index (χ1n) is 4.48. The van der Waals surface area contributed by atoms with Gasteiger partial charge >= 0.3 is 5.97 Å². The van der Waals surface area contributed by atoms with Gasteiger partial charge in [-0.1, -0.05) is 18.5 Å². The molecule has 0 heterocycles. The molecule has 0 aliphatic carbocycles. The second-order valence-corrected chi connectivity index (χ2v) is 4.22. The topological polar surface area (TPSA) is 52.3 Å². The van der Waals surface area contributed by atoms with Crippen molar-refractivity contribution in [1.29, 1.82) is 0 Å². The van der Waals surface area contributed by atoms with E-state index < -0.39 is 5.97 Å². The minimum atomic E-state index is -0.455.